The van der Waals surface area contributed by atoms with E-state index >= 15 is 0 Å². The molecule has 2 fully saturated rings. The van der Waals surface area contributed by atoms with E-state index in [-0.39, 0.29) is 11.5 Å². The van der Waals surface area contributed by atoms with Gasteiger partial charge in [0.05, 0.1) is 0 Å². The molecule has 16 heavy (non-hydrogen) atoms. The van der Waals surface area contributed by atoms with Crippen molar-refractivity contribution in [2.45, 2.75) is 52.0 Å². The minimum Gasteiger partial charge on any atom is -0.338 e. The largest absolute Gasteiger partial charge is 0.338 e. The number of halogens is 1. The van der Waals surface area contributed by atoms with Crippen LogP contribution in [0.5, 0.6) is 0 Å². The highest BCUT2D eigenvalue weighted by atomic mass is 35.5. The average Bonchev–Trinajstić information content (AvgIpc) is 2.84. The molecule has 1 aliphatic heterocycles. The van der Waals surface area contributed by atoms with Crippen LogP contribution >= 0.6 is 11.6 Å². The first-order valence-corrected chi connectivity index (χ1v) is 6.99. The molecular weight excluding hydrogens is 222 g/mol. The van der Waals surface area contributed by atoms with Gasteiger partial charge in [-0.1, -0.05) is 26.7 Å². The van der Waals surface area contributed by atoms with Gasteiger partial charge in [-0.3, -0.25) is 4.79 Å². The third-order valence-electron chi connectivity index (χ3n) is 4.52. The Bertz CT molecular complexity index is 273. The molecule has 1 amide bonds. The molecule has 2 nitrogen and oxygen atoms in total. The molecule has 0 N–H and O–H groups in total. The lowest BCUT2D eigenvalue weighted by Gasteiger charge is -2.33. The van der Waals surface area contributed by atoms with Crippen molar-refractivity contribution in [3.63, 3.8) is 0 Å². The van der Waals surface area contributed by atoms with Gasteiger partial charge in [0.25, 0.3) is 0 Å². The summed E-state index contributed by atoms with van der Waals surface area (Å²) in [6.07, 6.45) is 5.64. The Balaban J connectivity index is 2.09. The highest BCUT2D eigenvalue weighted by Gasteiger charge is 2.43. The Morgan fingerprint density at radius 1 is 1.44 bits per heavy atom. The summed E-state index contributed by atoms with van der Waals surface area (Å²) >= 11 is 6.00. The van der Waals surface area contributed by atoms with Crippen molar-refractivity contribution in [2.24, 2.45) is 11.3 Å². The van der Waals surface area contributed by atoms with Crippen molar-refractivity contribution in [1.82, 2.24) is 4.90 Å². The van der Waals surface area contributed by atoms with E-state index in [0.717, 1.165) is 25.8 Å². The lowest BCUT2D eigenvalue weighted by atomic mass is 9.87. The summed E-state index contributed by atoms with van der Waals surface area (Å²) in [6, 6.07) is 0.270. The van der Waals surface area contributed by atoms with Gasteiger partial charge in [0.2, 0.25) is 5.91 Å². The molecule has 1 saturated carbocycles. The molecule has 0 spiro atoms. The molecule has 0 aromatic carbocycles. The highest BCUT2D eigenvalue weighted by molar-refractivity contribution is 6.18. The maximum atomic E-state index is 12.6. The van der Waals surface area contributed by atoms with E-state index < -0.39 is 0 Å². The number of rotatable bonds is 2. The maximum Gasteiger partial charge on any atom is 0.228 e. The quantitative estimate of drug-likeness (QED) is 0.683. The van der Waals surface area contributed by atoms with E-state index in [9.17, 15) is 4.79 Å². The van der Waals surface area contributed by atoms with E-state index in [2.05, 4.69) is 18.7 Å². The second-order valence-corrected chi connectivity index (χ2v) is 6.06. The molecule has 2 aliphatic rings. The predicted molar refractivity (Wildman–Crippen MR) is 66.6 cm³/mol. The summed E-state index contributed by atoms with van der Waals surface area (Å²) in [5.41, 5.74) is -0.0889. The lowest BCUT2D eigenvalue weighted by molar-refractivity contribution is -0.141. The Hall–Kier alpha value is -0.240. The van der Waals surface area contributed by atoms with Crippen LogP contribution in [0.1, 0.15) is 46.0 Å². The normalized spacial score (nSPS) is 33.3. The van der Waals surface area contributed by atoms with E-state index in [1.807, 2.05) is 0 Å². The van der Waals surface area contributed by atoms with Gasteiger partial charge in [0.1, 0.15) is 0 Å². The summed E-state index contributed by atoms with van der Waals surface area (Å²) in [6.45, 7) is 5.25. The third-order valence-corrected chi connectivity index (χ3v) is 4.84. The number of alkyl halides is 1. The Morgan fingerprint density at radius 2 is 2.06 bits per heavy atom. The smallest absolute Gasteiger partial charge is 0.228 e. The molecule has 0 aromatic heterocycles. The Morgan fingerprint density at radius 3 is 2.62 bits per heavy atom. The third kappa shape index (κ3) is 1.97. The van der Waals surface area contributed by atoms with Crippen LogP contribution in [0.4, 0.5) is 0 Å². The van der Waals surface area contributed by atoms with Crippen molar-refractivity contribution in [3.05, 3.63) is 0 Å². The topological polar surface area (TPSA) is 20.3 Å². The van der Waals surface area contributed by atoms with Gasteiger partial charge in [-0.05, 0) is 25.2 Å². The fraction of sp³-hybridized carbons (Fsp3) is 0.923. The molecule has 2 unspecified atom stereocenters. The van der Waals surface area contributed by atoms with Crippen molar-refractivity contribution in [1.29, 1.82) is 0 Å². The summed E-state index contributed by atoms with van der Waals surface area (Å²) in [5, 5.41) is 0. The number of amides is 1. The molecule has 1 saturated heterocycles. The minimum atomic E-state index is -0.0889. The van der Waals surface area contributed by atoms with Crippen LogP contribution < -0.4 is 0 Å². The second kappa shape index (κ2) is 4.56. The first kappa shape index (κ1) is 12.2. The van der Waals surface area contributed by atoms with Crippen molar-refractivity contribution < 1.29 is 4.79 Å². The van der Waals surface area contributed by atoms with Gasteiger partial charge >= 0.3 is 0 Å². The SMILES string of the molecule is CC1CCN(C(=O)C2(C)CCCC2)C1CCl. The van der Waals surface area contributed by atoms with Crippen LogP contribution in [0.2, 0.25) is 0 Å². The average molecular weight is 244 g/mol. The van der Waals surface area contributed by atoms with Crippen molar-refractivity contribution in [3.8, 4) is 0 Å². The fourth-order valence-electron chi connectivity index (χ4n) is 3.21. The number of likely N-dealkylation sites (tertiary alicyclic amines) is 1. The second-order valence-electron chi connectivity index (χ2n) is 5.75. The number of carbonyl (C=O) groups is 1. The van der Waals surface area contributed by atoms with E-state index in [1.165, 1.54) is 12.8 Å². The van der Waals surface area contributed by atoms with Crippen LogP contribution in [0.15, 0.2) is 0 Å². The number of hydrogen-bond donors (Lipinski definition) is 0. The predicted octanol–water partition coefficient (Wildman–Crippen LogP) is 3.04. The number of carbonyl (C=O) groups excluding carboxylic acids is 1. The summed E-state index contributed by atoms with van der Waals surface area (Å²) in [4.78, 5) is 14.6. The summed E-state index contributed by atoms with van der Waals surface area (Å²) in [7, 11) is 0. The molecule has 1 aliphatic carbocycles. The fourth-order valence-corrected chi connectivity index (χ4v) is 3.68. The first-order valence-electron chi connectivity index (χ1n) is 6.45. The van der Waals surface area contributed by atoms with E-state index in [0.29, 0.717) is 17.7 Å². The van der Waals surface area contributed by atoms with Gasteiger partial charge < -0.3 is 4.90 Å². The van der Waals surface area contributed by atoms with Crippen molar-refractivity contribution in [2.75, 3.05) is 12.4 Å². The molecule has 0 radical (unpaired) electrons. The molecule has 3 heteroatoms. The monoisotopic (exact) mass is 243 g/mol. The number of nitrogens with zero attached hydrogens (tertiary/aromatic N) is 1. The molecule has 2 rings (SSSR count). The molecular formula is C13H22ClNO. The van der Waals surface area contributed by atoms with Gasteiger partial charge in [-0.2, -0.15) is 0 Å². The van der Waals surface area contributed by atoms with Gasteiger partial charge in [0, 0.05) is 23.9 Å². The zero-order chi connectivity index (χ0) is 11.8. The van der Waals surface area contributed by atoms with Crippen LogP contribution in [0.25, 0.3) is 0 Å². The zero-order valence-corrected chi connectivity index (χ0v) is 11.1. The van der Waals surface area contributed by atoms with Crippen LogP contribution in [0, 0.1) is 11.3 Å². The van der Waals surface area contributed by atoms with E-state index in [4.69, 9.17) is 11.6 Å². The van der Waals surface area contributed by atoms with Gasteiger partial charge in [-0.25, -0.2) is 0 Å². The summed E-state index contributed by atoms with van der Waals surface area (Å²) < 4.78 is 0. The molecule has 92 valence electrons. The Kier molecular flexibility index (Phi) is 3.48. The molecule has 0 aromatic rings. The highest BCUT2D eigenvalue weighted by Crippen LogP contribution is 2.41. The van der Waals surface area contributed by atoms with Gasteiger partial charge in [0.15, 0.2) is 0 Å². The van der Waals surface area contributed by atoms with Crippen LogP contribution in [-0.4, -0.2) is 29.3 Å². The standard InChI is InChI=1S/C13H22ClNO/c1-10-5-8-15(11(10)9-14)12(16)13(2)6-3-4-7-13/h10-11H,3-9H2,1-2H3. The summed E-state index contributed by atoms with van der Waals surface area (Å²) in [5.74, 6) is 1.51. The minimum absolute atomic E-state index is 0.0889. The molecule has 0 bridgehead atoms. The van der Waals surface area contributed by atoms with E-state index in [1.54, 1.807) is 0 Å². The maximum absolute atomic E-state index is 12.6. The first-order chi connectivity index (χ1) is 7.58. The zero-order valence-electron chi connectivity index (χ0n) is 10.3. The van der Waals surface area contributed by atoms with Crippen molar-refractivity contribution >= 4 is 17.5 Å². The number of hydrogen-bond acceptors (Lipinski definition) is 1. The lowest BCUT2D eigenvalue weighted by Crippen LogP contribution is -2.45. The van der Waals surface area contributed by atoms with Crippen LogP contribution in [-0.2, 0) is 4.79 Å². The molecule has 2 atom stereocenters. The van der Waals surface area contributed by atoms with Gasteiger partial charge in [-0.15, -0.1) is 11.6 Å². The molecule has 1 heterocycles. The van der Waals surface area contributed by atoms with Crippen LogP contribution in [0.3, 0.4) is 0 Å². The Labute approximate surface area is 103 Å².